The first-order valence-corrected chi connectivity index (χ1v) is 12.5. The molecule has 1 saturated heterocycles. The maximum Gasteiger partial charge on any atom is 0.416 e. The number of piperazine rings is 1. The van der Waals surface area contributed by atoms with Crippen molar-refractivity contribution in [3.8, 4) is 0 Å². The first-order chi connectivity index (χ1) is 18.2. The molecule has 0 saturated carbocycles. The van der Waals surface area contributed by atoms with Gasteiger partial charge in [-0.05, 0) is 73.0 Å². The van der Waals surface area contributed by atoms with Crippen LogP contribution in [0.15, 0.2) is 66.9 Å². The molecule has 1 aliphatic heterocycles. The van der Waals surface area contributed by atoms with Gasteiger partial charge in [0, 0.05) is 66.8 Å². The SMILES string of the molecule is Cc1ccc(C(=O)Nc2ccc3[nH]cc(CCN4CCN(c5cccc(C(F)(F)F)c5)CC4)c3c2)cc1F. The van der Waals surface area contributed by atoms with Gasteiger partial charge in [0.1, 0.15) is 5.82 Å². The largest absolute Gasteiger partial charge is 0.416 e. The van der Waals surface area contributed by atoms with Crippen LogP contribution >= 0.6 is 0 Å². The second-order valence-electron chi connectivity index (χ2n) is 9.62. The molecule has 1 amide bonds. The Labute approximate surface area is 218 Å². The lowest BCUT2D eigenvalue weighted by molar-refractivity contribution is -0.137. The molecule has 3 aromatic carbocycles. The third-order valence-electron chi connectivity index (χ3n) is 7.07. The summed E-state index contributed by atoms with van der Waals surface area (Å²) in [5, 5.41) is 3.85. The fourth-order valence-electron chi connectivity index (χ4n) is 4.79. The van der Waals surface area contributed by atoms with Crippen LogP contribution in [0.3, 0.4) is 0 Å². The van der Waals surface area contributed by atoms with Gasteiger partial charge < -0.3 is 15.2 Å². The zero-order valence-corrected chi connectivity index (χ0v) is 20.9. The summed E-state index contributed by atoms with van der Waals surface area (Å²) in [6.07, 6.45) is -1.60. The lowest BCUT2D eigenvalue weighted by atomic mass is 10.1. The second kappa shape index (κ2) is 10.5. The molecule has 1 aromatic heterocycles. The van der Waals surface area contributed by atoms with Gasteiger partial charge in [-0.25, -0.2) is 4.39 Å². The summed E-state index contributed by atoms with van der Waals surface area (Å²) in [6, 6.07) is 15.5. The maximum absolute atomic E-state index is 13.9. The third-order valence-corrected chi connectivity index (χ3v) is 7.07. The average molecular weight is 525 g/mol. The Morgan fingerprint density at radius 3 is 2.53 bits per heavy atom. The number of anilines is 2. The lowest BCUT2D eigenvalue weighted by Crippen LogP contribution is -2.47. The summed E-state index contributed by atoms with van der Waals surface area (Å²) in [7, 11) is 0. The molecular formula is C29H28F4N4O. The molecule has 0 atom stereocenters. The van der Waals surface area contributed by atoms with Crippen molar-refractivity contribution < 1.29 is 22.4 Å². The van der Waals surface area contributed by atoms with Crippen molar-refractivity contribution in [1.29, 1.82) is 0 Å². The van der Waals surface area contributed by atoms with E-state index >= 15 is 0 Å². The van der Waals surface area contributed by atoms with Crippen LogP contribution in [-0.2, 0) is 12.6 Å². The zero-order chi connectivity index (χ0) is 26.9. The van der Waals surface area contributed by atoms with Crippen LogP contribution in [0.25, 0.3) is 10.9 Å². The highest BCUT2D eigenvalue weighted by atomic mass is 19.4. The van der Waals surface area contributed by atoms with Gasteiger partial charge in [0.25, 0.3) is 5.91 Å². The van der Waals surface area contributed by atoms with Gasteiger partial charge in [-0.3, -0.25) is 9.69 Å². The molecule has 0 radical (unpaired) electrons. The number of hydrogen-bond acceptors (Lipinski definition) is 3. The van der Waals surface area contributed by atoms with Gasteiger partial charge in [0.15, 0.2) is 0 Å². The molecule has 9 heteroatoms. The summed E-state index contributed by atoms with van der Waals surface area (Å²) < 4.78 is 53.1. The van der Waals surface area contributed by atoms with Crippen molar-refractivity contribution in [3.63, 3.8) is 0 Å². The Morgan fingerprint density at radius 2 is 1.79 bits per heavy atom. The quantitative estimate of drug-likeness (QED) is 0.293. The number of amides is 1. The molecule has 5 nitrogen and oxygen atoms in total. The van der Waals surface area contributed by atoms with Gasteiger partial charge >= 0.3 is 6.18 Å². The number of aromatic nitrogens is 1. The molecule has 1 fully saturated rings. The number of carbonyl (C=O) groups excluding carboxylic acids is 1. The van der Waals surface area contributed by atoms with Crippen molar-refractivity contribution in [3.05, 3.63) is 94.9 Å². The van der Waals surface area contributed by atoms with Crippen molar-refractivity contribution >= 4 is 28.2 Å². The van der Waals surface area contributed by atoms with Crippen LogP contribution < -0.4 is 10.2 Å². The summed E-state index contributed by atoms with van der Waals surface area (Å²) in [4.78, 5) is 20.2. The first kappa shape index (κ1) is 25.8. The number of benzene rings is 3. The van der Waals surface area contributed by atoms with Crippen molar-refractivity contribution in [2.45, 2.75) is 19.5 Å². The highest BCUT2D eigenvalue weighted by molar-refractivity contribution is 6.05. The summed E-state index contributed by atoms with van der Waals surface area (Å²) in [5.41, 5.74) is 3.40. The highest BCUT2D eigenvalue weighted by Crippen LogP contribution is 2.32. The molecule has 38 heavy (non-hydrogen) atoms. The second-order valence-corrected chi connectivity index (χ2v) is 9.62. The van der Waals surface area contributed by atoms with Gasteiger partial charge in [0.2, 0.25) is 0 Å². The fourth-order valence-corrected chi connectivity index (χ4v) is 4.79. The highest BCUT2D eigenvalue weighted by Gasteiger charge is 2.31. The van der Waals surface area contributed by atoms with Crippen molar-refractivity contribution in [2.75, 3.05) is 42.9 Å². The van der Waals surface area contributed by atoms with E-state index in [9.17, 15) is 22.4 Å². The molecule has 0 bridgehead atoms. The first-order valence-electron chi connectivity index (χ1n) is 12.5. The zero-order valence-electron chi connectivity index (χ0n) is 20.9. The number of rotatable bonds is 6. The molecule has 2 heterocycles. The predicted octanol–water partition coefficient (Wildman–Crippen LogP) is 6.25. The molecule has 1 aliphatic rings. The van der Waals surface area contributed by atoms with E-state index in [1.807, 2.05) is 23.2 Å². The van der Waals surface area contributed by atoms with Crippen molar-refractivity contribution in [2.24, 2.45) is 0 Å². The summed E-state index contributed by atoms with van der Waals surface area (Å²) in [6.45, 7) is 5.28. The summed E-state index contributed by atoms with van der Waals surface area (Å²) >= 11 is 0. The normalized spacial score (nSPS) is 14.7. The molecule has 0 aliphatic carbocycles. The number of alkyl halides is 3. The third kappa shape index (κ3) is 5.67. The number of nitrogens with zero attached hydrogens (tertiary/aromatic N) is 2. The fraction of sp³-hybridized carbons (Fsp3) is 0.276. The Kier molecular flexibility index (Phi) is 7.12. The number of aryl methyl sites for hydroxylation is 1. The predicted molar refractivity (Wildman–Crippen MR) is 141 cm³/mol. The van der Waals surface area contributed by atoms with Crippen LogP contribution in [0.4, 0.5) is 28.9 Å². The van der Waals surface area contributed by atoms with E-state index in [-0.39, 0.29) is 11.5 Å². The average Bonchev–Trinajstić information content (AvgIpc) is 3.31. The molecule has 5 rings (SSSR count). The minimum atomic E-state index is -4.35. The van der Waals surface area contributed by atoms with Crippen molar-refractivity contribution in [1.82, 2.24) is 9.88 Å². The van der Waals surface area contributed by atoms with Gasteiger partial charge in [0.05, 0.1) is 5.56 Å². The standard InChI is InChI=1S/C29H28F4N4O/c1-19-5-6-20(15-26(19)30)28(38)35-23-7-8-27-25(17-23)21(18-34-27)9-10-36-11-13-37(14-12-36)24-4-2-3-22(16-24)29(31,32)33/h2-8,15-18,34H,9-14H2,1H3,(H,35,38). The molecule has 198 valence electrons. The van der Waals surface area contributed by atoms with Gasteiger partial charge in [-0.2, -0.15) is 13.2 Å². The molecule has 2 N–H and O–H groups in total. The van der Waals surface area contributed by atoms with E-state index in [2.05, 4.69) is 15.2 Å². The van der Waals surface area contributed by atoms with Gasteiger partial charge in [-0.1, -0.05) is 12.1 Å². The van der Waals surface area contributed by atoms with Crippen LogP contribution in [-0.4, -0.2) is 48.5 Å². The minimum Gasteiger partial charge on any atom is -0.369 e. The Hall–Kier alpha value is -3.85. The maximum atomic E-state index is 13.9. The van der Waals surface area contributed by atoms with Crippen LogP contribution in [0.2, 0.25) is 0 Å². The van der Waals surface area contributed by atoms with E-state index in [4.69, 9.17) is 0 Å². The molecule has 4 aromatic rings. The molecular weight excluding hydrogens is 496 g/mol. The number of carbonyl (C=O) groups is 1. The molecule has 0 spiro atoms. The topological polar surface area (TPSA) is 51.4 Å². The van der Waals surface area contributed by atoms with Gasteiger partial charge in [-0.15, -0.1) is 0 Å². The number of H-pyrrole nitrogens is 1. The number of aromatic amines is 1. The minimum absolute atomic E-state index is 0.256. The van der Waals surface area contributed by atoms with E-state index in [1.54, 1.807) is 31.2 Å². The van der Waals surface area contributed by atoms with E-state index in [0.717, 1.165) is 48.6 Å². The summed E-state index contributed by atoms with van der Waals surface area (Å²) in [5.74, 6) is -0.796. The number of nitrogens with one attached hydrogen (secondary N) is 2. The van der Waals surface area contributed by atoms with E-state index in [1.165, 1.54) is 18.2 Å². The number of fused-ring (bicyclic) bond motifs is 1. The van der Waals surface area contributed by atoms with Crippen LogP contribution in [0, 0.1) is 12.7 Å². The number of halogens is 4. The van der Waals surface area contributed by atoms with E-state index < -0.39 is 17.6 Å². The number of hydrogen-bond donors (Lipinski definition) is 2. The Bertz CT molecular complexity index is 1450. The van der Waals surface area contributed by atoms with Crippen LogP contribution in [0.5, 0.6) is 0 Å². The Morgan fingerprint density at radius 1 is 1.00 bits per heavy atom. The monoisotopic (exact) mass is 524 g/mol. The molecule has 0 unspecified atom stereocenters. The lowest BCUT2D eigenvalue weighted by Gasteiger charge is -2.36. The Balaban J connectivity index is 1.19. The van der Waals surface area contributed by atoms with Crippen LogP contribution in [0.1, 0.15) is 27.0 Å². The van der Waals surface area contributed by atoms with E-state index in [0.29, 0.717) is 30.0 Å². The smallest absolute Gasteiger partial charge is 0.369 e.